The molecule has 36 heavy (non-hydrogen) atoms. The van der Waals surface area contributed by atoms with Crippen LogP contribution in [0.5, 0.6) is 5.75 Å². The Morgan fingerprint density at radius 1 is 1.08 bits per heavy atom. The number of nitrogens with one attached hydrogen (secondary N) is 1. The van der Waals surface area contributed by atoms with Gasteiger partial charge in [0.05, 0.1) is 19.1 Å². The van der Waals surface area contributed by atoms with Crippen molar-refractivity contribution >= 4 is 50.7 Å². The molecule has 11 heteroatoms. The van der Waals surface area contributed by atoms with Crippen LogP contribution in [0.3, 0.4) is 0 Å². The van der Waals surface area contributed by atoms with E-state index in [1.807, 2.05) is 13.8 Å². The van der Waals surface area contributed by atoms with Gasteiger partial charge in [0.25, 0.3) is 0 Å². The van der Waals surface area contributed by atoms with E-state index in [2.05, 4.69) is 5.32 Å². The van der Waals surface area contributed by atoms with E-state index < -0.39 is 28.5 Å². The summed E-state index contributed by atoms with van der Waals surface area (Å²) in [6, 6.07) is 9.00. The van der Waals surface area contributed by atoms with Crippen LogP contribution in [0.25, 0.3) is 0 Å². The van der Waals surface area contributed by atoms with Crippen molar-refractivity contribution in [3.63, 3.8) is 0 Å². The molecule has 2 rings (SSSR count). The normalized spacial score (nSPS) is 12.2. The first-order valence-corrected chi connectivity index (χ1v) is 14.0. The molecule has 0 aromatic heterocycles. The number of rotatable bonds is 11. The molecule has 2 amide bonds. The molecule has 0 radical (unpaired) electrons. The second kappa shape index (κ2) is 12.7. The highest BCUT2D eigenvalue weighted by atomic mass is 35.5. The van der Waals surface area contributed by atoms with Crippen molar-refractivity contribution in [3.05, 3.63) is 57.6 Å². The van der Waals surface area contributed by atoms with Crippen molar-refractivity contribution in [3.8, 4) is 5.75 Å². The average Bonchev–Trinajstić information content (AvgIpc) is 2.79. The van der Waals surface area contributed by atoms with Crippen molar-refractivity contribution in [1.82, 2.24) is 10.2 Å². The van der Waals surface area contributed by atoms with E-state index in [-0.39, 0.29) is 24.1 Å². The van der Waals surface area contributed by atoms with E-state index in [0.717, 1.165) is 16.1 Å². The molecule has 0 unspecified atom stereocenters. The van der Waals surface area contributed by atoms with Crippen LogP contribution in [0.2, 0.25) is 10.0 Å². The Labute approximate surface area is 223 Å². The number of sulfonamides is 1. The van der Waals surface area contributed by atoms with Gasteiger partial charge in [-0.05, 0) is 55.2 Å². The first kappa shape index (κ1) is 29.7. The van der Waals surface area contributed by atoms with Crippen molar-refractivity contribution in [2.45, 2.75) is 40.3 Å². The highest BCUT2D eigenvalue weighted by molar-refractivity contribution is 7.92. The van der Waals surface area contributed by atoms with E-state index >= 15 is 0 Å². The zero-order valence-electron chi connectivity index (χ0n) is 21.3. The molecule has 0 bridgehead atoms. The lowest BCUT2D eigenvalue weighted by Crippen LogP contribution is -2.51. The van der Waals surface area contributed by atoms with E-state index in [9.17, 15) is 18.0 Å². The third kappa shape index (κ3) is 8.01. The van der Waals surface area contributed by atoms with E-state index in [1.54, 1.807) is 50.2 Å². The Kier molecular flexibility index (Phi) is 10.5. The molecule has 1 N–H and O–H groups in total. The number of halogens is 2. The Morgan fingerprint density at radius 3 is 2.31 bits per heavy atom. The lowest BCUT2D eigenvalue weighted by molar-refractivity contribution is -0.139. The molecule has 0 aliphatic rings. The van der Waals surface area contributed by atoms with Gasteiger partial charge in [0.1, 0.15) is 18.3 Å². The fraction of sp³-hybridized carbons (Fsp3) is 0.440. The summed E-state index contributed by atoms with van der Waals surface area (Å²) in [6.07, 6.45) is 1.02. The molecular formula is C25H33Cl2N3O5S. The van der Waals surface area contributed by atoms with E-state index in [0.29, 0.717) is 27.9 Å². The number of benzene rings is 2. The summed E-state index contributed by atoms with van der Waals surface area (Å²) in [5.41, 5.74) is 1.59. The molecule has 0 heterocycles. The van der Waals surface area contributed by atoms with E-state index in [4.69, 9.17) is 27.9 Å². The third-order valence-corrected chi connectivity index (χ3v) is 7.20. The maximum Gasteiger partial charge on any atom is 0.244 e. The number of hydrogen-bond acceptors (Lipinski definition) is 5. The quantitative estimate of drug-likeness (QED) is 0.445. The number of nitrogens with zero attached hydrogens (tertiary/aromatic N) is 2. The molecule has 0 saturated heterocycles. The molecule has 0 aliphatic heterocycles. The molecule has 0 spiro atoms. The number of aryl methyl sites for hydroxylation is 1. The summed E-state index contributed by atoms with van der Waals surface area (Å²) in [5.74, 6) is -0.428. The van der Waals surface area contributed by atoms with Crippen molar-refractivity contribution in [1.29, 1.82) is 0 Å². The first-order chi connectivity index (χ1) is 16.7. The summed E-state index contributed by atoms with van der Waals surface area (Å²) in [4.78, 5) is 27.9. The number of methoxy groups -OCH3 is 1. The summed E-state index contributed by atoms with van der Waals surface area (Å²) >= 11 is 12.4. The van der Waals surface area contributed by atoms with Crippen LogP contribution in [0.1, 0.15) is 31.9 Å². The molecule has 0 aliphatic carbocycles. The fourth-order valence-corrected chi connectivity index (χ4v) is 4.77. The van der Waals surface area contributed by atoms with Crippen molar-refractivity contribution in [2.24, 2.45) is 5.92 Å². The highest BCUT2D eigenvalue weighted by Gasteiger charge is 2.31. The minimum absolute atomic E-state index is 0.0202. The largest absolute Gasteiger partial charge is 0.495 e. The third-order valence-electron chi connectivity index (χ3n) is 5.49. The molecule has 0 saturated carbocycles. The number of hydrogen-bond donors (Lipinski definition) is 1. The zero-order chi connectivity index (χ0) is 27.2. The van der Waals surface area contributed by atoms with Gasteiger partial charge in [0.2, 0.25) is 21.8 Å². The number of carbonyl (C=O) groups excluding carboxylic acids is 2. The Bertz CT molecular complexity index is 1200. The standard InChI is InChI=1S/C25H33Cl2N3O5S/c1-16(2)13-28-25(32)18(4)29(14-19-8-9-20(26)12-21(19)27)24(31)15-30(36(6,33)34)22-11-17(3)7-10-23(22)35-5/h7-12,16,18H,13-15H2,1-6H3,(H,28,32)/t18-/m1/s1. The first-order valence-electron chi connectivity index (χ1n) is 11.4. The van der Waals surface area contributed by atoms with Gasteiger partial charge in [-0.2, -0.15) is 0 Å². The van der Waals surface area contributed by atoms with Crippen LogP contribution < -0.4 is 14.4 Å². The predicted molar refractivity (Wildman–Crippen MR) is 144 cm³/mol. The minimum atomic E-state index is -3.89. The minimum Gasteiger partial charge on any atom is -0.495 e. The van der Waals surface area contributed by atoms with Crippen LogP contribution in [-0.2, 0) is 26.2 Å². The van der Waals surface area contributed by atoms with Crippen LogP contribution in [-0.4, -0.2) is 57.6 Å². The van der Waals surface area contributed by atoms with Gasteiger partial charge >= 0.3 is 0 Å². The van der Waals surface area contributed by atoms with Gasteiger partial charge in [0, 0.05) is 23.1 Å². The van der Waals surface area contributed by atoms with Gasteiger partial charge < -0.3 is 15.0 Å². The lowest BCUT2D eigenvalue weighted by Gasteiger charge is -2.32. The maximum atomic E-state index is 13.7. The number of amides is 2. The monoisotopic (exact) mass is 557 g/mol. The summed E-state index contributed by atoms with van der Waals surface area (Å²) in [7, 11) is -2.47. The van der Waals surface area contributed by atoms with Crippen LogP contribution in [0.15, 0.2) is 36.4 Å². The molecular weight excluding hydrogens is 525 g/mol. The average molecular weight is 559 g/mol. The van der Waals surface area contributed by atoms with Gasteiger partial charge in [-0.15, -0.1) is 0 Å². The summed E-state index contributed by atoms with van der Waals surface area (Å²) < 4.78 is 31.9. The second-order valence-electron chi connectivity index (χ2n) is 9.02. The molecule has 0 fully saturated rings. The lowest BCUT2D eigenvalue weighted by atomic mass is 10.1. The number of carbonyl (C=O) groups is 2. The highest BCUT2D eigenvalue weighted by Crippen LogP contribution is 2.31. The SMILES string of the molecule is COc1ccc(C)cc1N(CC(=O)N(Cc1ccc(Cl)cc1Cl)[C@H](C)C(=O)NCC(C)C)S(C)(=O)=O. The molecule has 1 atom stereocenters. The van der Waals surface area contributed by atoms with Crippen LogP contribution in [0, 0.1) is 12.8 Å². The van der Waals surface area contributed by atoms with Crippen molar-refractivity contribution in [2.75, 3.05) is 30.8 Å². The van der Waals surface area contributed by atoms with Crippen molar-refractivity contribution < 1.29 is 22.7 Å². The maximum absolute atomic E-state index is 13.7. The van der Waals surface area contributed by atoms with Gasteiger partial charge in [-0.25, -0.2) is 8.42 Å². The molecule has 2 aromatic rings. The summed E-state index contributed by atoms with van der Waals surface area (Å²) in [5, 5.41) is 3.59. The Morgan fingerprint density at radius 2 is 1.75 bits per heavy atom. The van der Waals surface area contributed by atoms with Gasteiger partial charge in [0.15, 0.2) is 0 Å². The van der Waals surface area contributed by atoms with Gasteiger partial charge in [-0.3, -0.25) is 13.9 Å². The summed E-state index contributed by atoms with van der Waals surface area (Å²) in [6.45, 7) is 7.19. The number of ether oxygens (including phenoxy) is 1. The molecule has 198 valence electrons. The topological polar surface area (TPSA) is 96.0 Å². The smallest absolute Gasteiger partial charge is 0.244 e. The predicted octanol–water partition coefficient (Wildman–Crippen LogP) is 4.27. The molecule has 8 nitrogen and oxygen atoms in total. The number of anilines is 1. The zero-order valence-corrected chi connectivity index (χ0v) is 23.7. The second-order valence-corrected chi connectivity index (χ2v) is 11.8. The fourth-order valence-electron chi connectivity index (χ4n) is 3.46. The molecule has 2 aromatic carbocycles. The Hall–Kier alpha value is -2.49. The van der Waals surface area contributed by atoms with Gasteiger partial charge in [-0.1, -0.05) is 49.2 Å². The van der Waals surface area contributed by atoms with E-state index in [1.165, 1.54) is 12.0 Å². The Balaban J connectivity index is 2.47. The van der Waals surface area contributed by atoms with Crippen LogP contribution >= 0.6 is 23.2 Å². The van der Waals surface area contributed by atoms with Crippen LogP contribution in [0.4, 0.5) is 5.69 Å².